The van der Waals surface area contributed by atoms with Crippen molar-refractivity contribution in [3.05, 3.63) is 0 Å². The largest absolute Gasteiger partial charge is 0.333 e. The number of hydroxylamine groups is 4. The van der Waals surface area contributed by atoms with Gasteiger partial charge in [0.2, 0.25) is 0 Å². The third-order valence-corrected chi connectivity index (χ3v) is 3.10. The lowest BCUT2D eigenvalue weighted by Gasteiger charge is -2.23. The van der Waals surface area contributed by atoms with Crippen molar-refractivity contribution in [2.24, 2.45) is 0 Å². The van der Waals surface area contributed by atoms with Crippen molar-refractivity contribution in [3.63, 3.8) is 0 Å². The monoisotopic (exact) mass is 404 g/mol. The molecule has 0 rings (SSSR count). The lowest BCUT2D eigenvalue weighted by Crippen LogP contribution is -2.39. The molecule has 0 atom stereocenters. The third-order valence-electron chi connectivity index (χ3n) is 3.10. The van der Waals surface area contributed by atoms with Crippen LogP contribution in [0.2, 0.25) is 0 Å². The predicted octanol–water partition coefficient (Wildman–Crippen LogP) is 2.62. The van der Waals surface area contributed by atoms with E-state index in [-0.39, 0.29) is 38.8 Å². The Bertz CT molecular complexity index is 414. The van der Waals surface area contributed by atoms with E-state index in [2.05, 4.69) is 0 Å². The lowest BCUT2D eigenvalue weighted by atomic mass is 10.3. The summed E-state index contributed by atoms with van der Waals surface area (Å²) in [6, 6.07) is 0. The molecule has 10 heteroatoms. The third kappa shape index (κ3) is 13.0. The Morgan fingerprint density at radius 3 is 0.893 bits per heavy atom. The van der Waals surface area contributed by atoms with Crippen molar-refractivity contribution in [2.75, 3.05) is 13.1 Å². The standard InChI is InChI=1S/C18H32N2O8/c1-5-9-15(21)25-19(26-16(22)10-6-2)13-14-20(27-17(23)11-7-3)28-18(24)12-8-4/h5-14H2,1-4H3. The lowest BCUT2D eigenvalue weighted by molar-refractivity contribution is -0.356. The minimum absolute atomic E-state index is 0.141. The smallest absolute Gasteiger partial charge is 0.329 e. The van der Waals surface area contributed by atoms with E-state index < -0.39 is 23.9 Å². The zero-order valence-corrected chi connectivity index (χ0v) is 17.2. The van der Waals surface area contributed by atoms with Crippen LogP contribution in [0.15, 0.2) is 0 Å². The summed E-state index contributed by atoms with van der Waals surface area (Å²) in [5, 5.41) is 1.43. The molecule has 0 spiro atoms. The van der Waals surface area contributed by atoms with E-state index in [0.29, 0.717) is 36.1 Å². The summed E-state index contributed by atoms with van der Waals surface area (Å²) < 4.78 is 0. The average molecular weight is 404 g/mol. The van der Waals surface area contributed by atoms with E-state index in [0.717, 1.165) is 0 Å². The van der Waals surface area contributed by atoms with Crippen LogP contribution in [0.4, 0.5) is 0 Å². The van der Waals surface area contributed by atoms with Crippen LogP contribution in [0.1, 0.15) is 79.1 Å². The molecule has 162 valence electrons. The van der Waals surface area contributed by atoms with Crippen LogP contribution in [0.3, 0.4) is 0 Å². The molecule has 0 saturated carbocycles. The van der Waals surface area contributed by atoms with Crippen molar-refractivity contribution >= 4 is 23.9 Å². The number of rotatable bonds is 15. The van der Waals surface area contributed by atoms with Crippen LogP contribution in [0.25, 0.3) is 0 Å². The molecule has 28 heavy (non-hydrogen) atoms. The Morgan fingerprint density at radius 1 is 0.500 bits per heavy atom. The number of nitrogens with zero attached hydrogens (tertiary/aromatic N) is 2. The second-order valence-corrected chi connectivity index (χ2v) is 5.97. The maximum Gasteiger partial charge on any atom is 0.329 e. The molecule has 0 aromatic heterocycles. The van der Waals surface area contributed by atoms with Crippen LogP contribution in [-0.4, -0.2) is 47.4 Å². The van der Waals surface area contributed by atoms with Crippen molar-refractivity contribution in [1.29, 1.82) is 0 Å². The van der Waals surface area contributed by atoms with Gasteiger partial charge in [0.05, 0.1) is 13.1 Å². The predicted molar refractivity (Wildman–Crippen MR) is 97.4 cm³/mol. The molecule has 10 nitrogen and oxygen atoms in total. The fraction of sp³-hybridized carbons (Fsp3) is 0.778. The van der Waals surface area contributed by atoms with Crippen LogP contribution >= 0.6 is 0 Å². The highest BCUT2D eigenvalue weighted by molar-refractivity contribution is 5.71. The molecule has 0 N–H and O–H groups in total. The van der Waals surface area contributed by atoms with Gasteiger partial charge in [-0.05, 0) is 25.7 Å². The highest BCUT2D eigenvalue weighted by atomic mass is 17.0. The fourth-order valence-electron chi connectivity index (χ4n) is 1.84. The first-order chi connectivity index (χ1) is 13.4. The zero-order valence-electron chi connectivity index (χ0n) is 17.2. The molecule has 0 heterocycles. The summed E-state index contributed by atoms with van der Waals surface area (Å²) in [5.74, 6) is -2.32. The Morgan fingerprint density at radius 2 is 0.714 bits per heavy atom. The van der Waals surface area contributed by atoms with Gasteiger partial charge in [-0.3, -0.25) is 19.2 Å². The van der Waals surface area contributed by atoms with Crippen molar-refractivity contribution < 1.29 is 38.5 Å². The highest BCUT2D eigenvalue weighted by Gasteiger charge is 2.22. The Hall–Kier alpha value is -2.20. The normalized spacial score (nSPS) is 10.6. The molecule has 0 radical (unpaired) electrons. The molecule has 0 aliphatic heterocycles. The summed E-state index contributed by atoms with van der Waals surface area (Å²) in [5.41, 5.74) is 0. The summed E-state index contributed by atoms with van der Waals surface area (Å²) in [7, 11) is 0. The number of hydrogen-bond donors (Lipinski definition) is 0. The quantitative estimate of drug-likeness (QED) is 0.377. The molecule has 0 aromatic carbocycles. The van der Waals surface area contributed by atoms with Crippen LogP contribution in [0, 0.1) is 0 Å². The van der Waals surface area contributed by atoms with Crippen LogP contribution in [0.5, 0.6) is 0 Å². The number of carbonyl (C=O) groups is 4. The van der Waals surface area contributed by atoms with E-state index in [9.17, 15) is 19.2 Å². The maximum absolute atomic E-state index is 11.7. The molecular weight excluding hydrogens is 372 g/mol. The first-order valence-corrected chi connectivity index (χ1v) is 9.74. The van der Waals surface area contributed by atoms with Gasteiger partial charge in [-0.1, -0.05) is 27.7 Å². The summed E-state index contributed by atoms with van der Waals surface area (Å²) in [6.45, 7) is 6.83. The van der Waals surface area contributed by atoms with Gasteiger partial charge in [-0.25, -0.2) is 0 Å². The second-order valence-electron chi connectivity index (χ2n) is 5.97. The highest BCUT2D eigenvalue weighted by Crippen LogP contribution is 2.06. The second kappa shape index (κ2) is 15.8. The molecule has 0 fully saturated rings. The molecule has 0 amide bonds. The first kappa shape index (κ1) is 25.8. The van der Waals surface area contributed by atoms with Crippen LogP contribution in [-0.2, 0) is 38.5 Å². The summed E-state index contributed by atoms with van der Waals surface area (Å²) in [4.78, 5) is 66.9. The minimum Gasteiger partial charge on any atom is -0.333 e. The van der Waals surface area contributed by atoms with Crippen molar-refractivity contribution in [3.8, 4) is 0 Å². The van der Waals surface area contributed by atoms with Gasteiger partial charge in [-0.2, -0.15) is 0 Å². The number of hydrogen-bond acceptors (Lipinski definition) is 10. The zero-order chi connectivity index (χ0) is 21.4. The maximum atomic E-state index is 11.7. The molecule has 0 saturated heterocycles. The van der Waals surface area contributed by atoms with Gasteiger partial charge in [0, 0.05) is 36.1 Å². The van der Waals surface area contributed by atoms with Gasteiger partial charge in [0.1, 0.15) is 0 Å². The van der Waals surface area contributed by atoms with Crippen molar-refractivity contribution in [2.45, 2.75) is 79.1 Å². The first-order valence-electron chi connectivity index (χ1n) is 9.74. The molecule has 0 unspecified atom stereocenters. The SMILES string of the molecule is CCCC(=O)ON(CCN(OC(=O)CCC)OC(=O)CCC)OC(=O)CCC. The average Bonchev–Trinajstić information content (AvgIpc) is 2.60. The molecular formula is C18H32N2O8. The number of carbonyl (C=O) groups excluding carboxylic acids is 4. The van der Waals surface area contributed by atoms with Crippen molar-refractivity contribution in [1.82, 2.24) is 10.5 Å². The fourth-order valence-corrected chi connectivity index (χ4v) is 1.84. The minimum atomic E-state index is -0.579. The van der Waals surface area contributed by atoms with Gasteiger partial charge >= 0.3 is 23.9 Å². The molecule has 0 aromatic rings. The van der Waals surface area contributed by atoms with E-state index in [1.807, 2.05) is 0 Å². The molecule has 0 aliphatic rings. The molecule has 0 bridgehead atoms. The summed E-state index contributed by atoms with van der Waals surface area (Å²) in [6.07, 6.45) is 2.81. The van der Waals surface area contributed by atoms with E-state index in [1.54, 1.807) is 27.7 Å². The van der Waals surface area contributed by atoms with Gasteiger partial charge in [0.25, 0.3) is 0 Å². The van der Waals surface area contributed by atoms with E-state index in [1.165, 1.54) is 0 Å². The van der Waals surface area contributed by atoms with Crippen LogP contribution < -0.4 is 0 Å². The van der Waals surface area contributed by atoms with Gasteiger partial charge < -0.3 is 19.4 Å². The molecule has 0 aliphatic carbocycles. The van der Waals surface area contributed by atoms with E-state index in [4.69, 9.17) is 19.4 Å². The van der Waals surface area contributed by atoms with Gasteiger partial charge in [0.15, 0.2) is 0 Å². The summed E-state index contributed by atoms with van der Waals surface area (Å²) >= 11 is 0. The topological polar surface area (TPSA) is 112 Å². The Balaban J connectivity index is 4.95. The van der Waals surface area contributed by atoms with E-state index >= 15 is 0 Å². The Kier molecular flexibility index (Phi) is 14.6. The Labute approximate surface area is 165 Å². The van der Waals surface area contributed by atoms with Gasteiger partial charge in [-0.15, -0.1) is 0 Å².